The highest BCUT2D eigenvalue weighted by Gasteiger charge is 2.32. The number of anilines is 2. The molecule has 0 aromatic heterocycles. The molecule has 1 N–H and O–H groups in total. The normalized spacial score (nSPS) is 15.7. The Morgan fingerprint density at radius 3 is 2.26 bits per heavy atom. The first kappa shape index (κ1) is 22.9. The molecule has 1 heterocycles. The van der Waals surface area contributed by atoms with E-state index >= 15 is 0 Å². The summed E-state index contributed by atoms with van der Waals surface area (Å²) in [5.41, 5.74) is 4.90. The van der Waals surface area contributed by atoms with E-state index in [1.165, 1.54) is 0 Å². The van der Waals surface area contributed by atoms with Gasteiger partial charge in [-0.2, -0.15) is 0 Å². The fraction of sp³-hybridized carbons (Fsp3) is 0.462. The number of fused-ring (bicyclic) bond motifs is 1. The zero-order valence-electron chi connectivity index (χ0n) is 19.5. The van der Waals surface area contributed by atoms with Gasteiger partial charge >= 0.3 is 0 Å². The molecule has 166 valence electrons. The molecule has 2 aromatic rings. The van der Waals surface area contributed by atoms with Crippen LogP contribution in [0.4, 0.5) is 11.4 Å². The molecule has 5 nitrogen and oxygen atoms in total. The zero-order valence-corrected chi connectivity index (χ0v) is 19.5. The monoisotopic (exact) mass is 422 g/mol. The number of carbonyl (C=O) groups is 2. The first-order valence-electron chi connectivity index (χ1n) is 11.1. The molecule has 2 amide bonds. The standard InChI is InChI=1S/C26H34N2O3/c1-16(2)20-10-8-11-21(17(3)4)25(20)27-23(29)15-24(30)28-18(5)13-14-19-9-7-12-22(31-6)26(19)28/h7-12,16-18H,13-15H2,1-6H3,(H,27,29). The molecule has 0 radical (unpaired) electrons. The van der Waals surface area contributed by atoms with Gasteiger partial charge in [-0.1, -0.05) is 58.0 Å². The van der Waals surface area contributed by atoms with Crippen LogP contribution in [0.2, 0.25) is 0 Å². The van der Waals surface area contributed by atoms with E-state index in [4.69, 9.17) is 4.74 Å². The summed E-state index contributed by atoms with van der Waals surface area (Å²) in [5.74, 6) is 0.716. The zero-order chi connectivity index (χ0) is 22.7. The van der Waals surface area contributed by atoms with Gasteiger partial charge in [-0.25, -0.2) is 0 Å². The Hall–Kier alpha value is -2.82. The number of aryl methyl sites for hydroxylation is 1. The number of nitrogens with one attached hydrogen (secondary N) is 1. The molecule has 31 heavy (non-hydrogen) atoms. The van der Waals surface area contributed by atoms with Crippen LogP contribution in [0.5, 0.6) is 5.75 Å². The Morgan fingerprint density at radius 1 is 1.06 bits per heavy atom. The number of rotatable bonds is 6. The average Bonchev–Trinajstić information content (AvgIpc) is 2.72. The third kappa shape index (κ3) is 4.76. The van der Waals surface area contributed by atoms with Crippen molar-refractivity contribution < 1.29 is 14.3 Å². The Labute approximate surface area is 185 Å². The lowest BCUT2D eigenvalue weighted by atomic mass is 9.92. The number of nitrogens with zero attached hydrogens (tertiary/aromatic N) is 1. The van der Waals surface area contributed by atoms with Crippen LogP contribution in [0.3, 0.4) is 0 Å². The van der Waals surface area contributed by atoms with Crippen LogP contribution in [0.1, 0.15) is 76.0 Å². The van der Waals surface area contributed by atoms with Crippen molar-refractivity contribution in [1.29, 1.82) is 0 Å². The number of carbonyl (C=O) groups excluding carboxylic acids is 2. The van der Waals surface area contributed by atoms with Gasteiger partial charge in [-0.3, -0.25) is 9.59 Å². The molecule has 3 rings (SSSR count). The highest BCUT2D eigenvalue weighted by molar-refractivity contribution is 6.10. The van der Waals surface area contributed by atoms with Crippen LogP contribution >= 0.6 is 0 Å². The van der Waals surface area contributed by atoms with Crippen LogP contribution < -0.4 is 15.0 Å². The van der Waals surface area contributed by atoms with Crippen LogP contribution in [0.15, 0.2) is 36.4 Å². The molecular formula is C26H34N2O3. The predicted molar refractivity (Wildman–Crippen MR) is 126 cm³/mol. The summed E-state index contributed by atoms with van der Waals surface area (Å²) in [5, 5.41) is 3.06. The van der Waals surface area contributed by atoms with Gasteiger partial charge < -0.3 is 15.0 Å². The molecule has 1 unspecified atom stereocenters. The largest absolute Gasteiger partial charge is 0.495 e. The highest BCUT2D eigenvalue weighted by atomic mass is 16.5. The lowest BCUT2D eigenvalue weighted by Gasteiger charge is -2.36. The van der Waals surface area contributed by atoms with Crippen molar-refractivity contribution >= 4 is 23.2 Å². The summed E-state index contributed by atoms with van der Waals surface area (Å²) in [6.07, 6.45) is 1.55. The van der Waals surface area contributed by atoms with E-state index in [1.807, 2.05) is 43.3 Å². The minimum Gasteiger partial charge on any atom is -0.495 e. The predicted octanol–water partition coefficient (Wildman–Crippen LogP) is 5.64. The maximum absolute atomic E-state index is 13.3. The maximum atomic E-state index is 13.3. The van der Waals surface area contributed by atoms with Crippen molar-refractivity contribution in [3.8, 4) is 5.75 Å². The molecule has 0 spiro atoms. The first-order chi connectivity index (χ1) is 14.7. The van der Waals surface area contributed by atoms with E-state index in [9.17, 15) is 9.59 Å². The molecule has 0 saturated carbocycles. The second-order valence-electron chi connectivity index (χ2n) is 8.97. The molecule has 1 aliphatic rings. The van der Waals surface area contributed by atoms with E-state index in [2.05, 4.69) is 33.0 Å². The van der Waals surface area contributed by atoms with Gasteiger partial charge in [0.15, 0.2) is 0 Å². The average molecular weight is 423 g/mol. The molecule has 0 fully saturated rings. The van der Waals surface area contributed by atoms with Crippen molar-refractivity contribution in [3.63, 3.8) is 0 Å². The van der Waals surface area contributed by atoms with Gasteiger partial charge in [0, 0.05) is 11.7 Å². The highest BCUT2D eigenvalue weighted by Crippen LogP contribution is 2.39. The lowest BCUT2D eigenvalue weighted by Crippen LogP contribution is -2.43. The summed E-state index contributed by atoms with van der Waals surface area (Å²) in [4.78, 5) is 28.0. The number of ether oxygens (including phenoxy) is 1. The minimum absolute atomic E-state index is 0.0123. The molecular weight excluding hydrogens is 388 g/mol. The summed E-state index contributed by atoms with van der Waals surface area (Å²) in [6.45, 7) is 10.5. The van der Waals surface area contributed by atoms with Gasteiger partial charge in [-0.05, 0) is 54.4 Å². The third-order valence-electron chi connectivity index (χ3n) is 6.03. The van der Waals surface area contributed by atoms with Gasteiger partial charge in [0.1, 0.15) is 12.2 Å². The minimum atomic E-state index is -0.283. The van der Waals surface area contributed by atoms with Gasteiger partial charge in [0.2, 0.25) is 11.8 Å². The summed E-state index contributed by atoms with van der Waals surface area (Å²) < 4.78 is 5.53. The van der Waals surface area contributed by atoms with Gasteiger partial charge in [0.25, 0.3) is 0 Å². The van der Waals surface area contributed by atoms with Crippen LogP contribution in [0, 0.1) is 0 Å². The smallest absolute Gasteiger partial charge is 0.236 e. The number of methoxy groups -OCH3 is 1. The Kier molecular flexibility index (Phi) is 7.04. The summed E-state index contributed by atoms with van der Waals surface area (Å²) in [7, 11) is 1.61. The molecule has 1 aliphatic heterocycles. The number of amides is 2. The molecule has 0 saturated heterocycles. The fourth-order valence-corrected chi connectivity index (χ4v) is 4.39. The fourth-order valence-electron chi connectivity index (χ4n) is 4.39. The van der Waals surface area contributed by atoms with E-state index in [0.717, 1.165) is 40.9 Å². The molecule has 2 aromatic carbocycles. The van der Waals surface area contributed by atoms with Crippen LogP contribution in [-0.2, 0) is 16.0 Å². The molecule has 0 aliphatic carbocycles. The Balaban J connectivity index is 1.86. The van der Waals surface area contributed by atoms with Crippen LogP contribution in [0.25, 0.3) is 0 Å². The summed E-state index contributed by atoms with van der Waals surface area (Å²) in [6, 6.07) is 12.0. The van der Waals surface area contributed by atoms with Crippen molar-refractivity contribution in [1.82, 2.24) is 0 Å². The summed E-state index contributed by atoms with van der Waals surface area (Å²) >= 11 is 0. The van der Waals surface area contributed by atoms with Crippen LogP contribution in [-0.4, -0.2) is 25.0 Å². The number of para-hydroxylation sites is 2. The Morgan fingerprint density at radius 2 is 1.68 bits per heavy atom. The number of benzene rings is 2. The Bertz CT molecular complexity index is 925. The molecule has 5 heteroatoms. The van der Waals surface area contributed by atoms with E-state index in [-0.39, 0.29) is 36.1 Å². The second-order valence-corrected chi connectivity index (χ2v) is 8.97. The maximum Gasteiger partial charge on any atom is 0.236 e. The topological polar surface area (TPSA) is 58.6 Å². The first-order valence-corrected chi connectivity index (χ1v) is 11.1. The molecule has 1 atom stereocenters. The van der Waals surface area contributed by atoms with Crippen molar-refractivity contribution in [2.24, 2.45) is 0 Å². The number of hydrogen-bond donors (Lipinski definition) is 1. The van der Waals surface area contributed by atoms with Gasteiger partial charge in [0.05, 0.1) is 12.8 Å². The van der Waals surface area contributed by atoms with E-state index in [1.54, 1.807) is 12.0 Å². The van der Waals surface area contributed by atoms with Crippen molar-refractivity contribution in [3.05, 3.63) is 53.1 Å². The number of hydrogen-bond acceptors (Lipinski definition) is 3. The van der Waals surface area contributed by atoms with E-state index in [0.29, 0.717) is 5.75 Å². The molecule has 0 bridgehead atoms. The quantitative estimate of drug-likeness (QED) is 0.613. The second kappa shape index (κ2) is 9.54. The van der Waals surface area contributed by atoms with E-state index < -0.39 is 0 Å². The van der Waals surface area contributed by atoms with Crippen molar-refractivity contribution in [2.45, 2.75) is 71.8 Å². The van der Waals surface area contributed by atoms with Crippen molar-refractivity contribution in [2.75, 3.05) is 17.3 Å². The SMILES string of the molecule is COc1cccc2c1N(C(=O)CC(=O)Nc1c(C(C)C)cccc1C(C)C)C(C)CC2. The third-order valence-corrected chi connectivity index (χ3v) is 6.03. The van der Waals surface area contributed by atoms with Gasteiger partial charge in [-0.15, -0.1) is 0 Å². The lowest BCUT2D eigenvalue weighted by molar-refractivity contribution is -0.125.